The summed E-state index contributed by atoms with van der Waals surface area (Å²) in [6.45, 7) is 0.464. The van der Waals surface area contributed by atoms with E-state index >= 15 is 0 Å². The van der Waals surface area contributed by atoms with Crippen molar-refractivity contribution in [2.75, 3.05) is 6.54 Å². The van der Waals surface area contributed by atoms with Gasteiger partial charge < -0.3 is 20.5 Å². The molecule has 1 radical (unpaired) electrons. The quantitative estimate of drug-likeness (QED) is 0.598. The highest BCUT2D eigenvalue weighted by atomic mass is 16.2. The molecule has 3 atom stereocenters. The smallest absolute Gasteiger partial charge is 0.246 e. The van der Waals surface area contributed by atoms with E-state index in [1.165, 1.54) is 11.2 Å². The maximum atomic E-state index is 12.9. The number of carbonyl (C=O) groups excluding carboxylic acids is 4. The number of hydrogen-bond donors (Lipinski definition) is 3. The van der Waals surface area contributed by atoms with Crippen molar-refractivity contribution in [3.05, 3.63) is 18.2 Å². The molecule has 0 saturated carbocycles. The summed E-state index contributed by atoms with van der Waals surface area (Å²) in [7, 11) is 0. The number of carbonyl (C=O) groups is 3. The summed E-state index contributed by atoms with van der Waals surface area (Å²) in [5, 5.41) is 5.30. The van der Waals surface area contributed by atoms with Crippen LogP contribution in [0.1, 0.15) is 31.4 Å². The number of nitrogens with one attached hydrogen (secondary N) is 3. The lowest BCUT2D eigenvalue weighted by Crippen LogP contribution is -2.54. The highest BCUT2D eigenvalue weighted by Crippen LogP contribution is 2.18. The maximum absolute atomic E-state index is 12.9. The third-order valence-corrected chi connectivity index (χ3v) is 4.57. The summed E-state index contributed by atoms with van der Waals surface area (Å²) in [4.78, 5) is 56.0. The predicted octanol–water partition coefficient (Wildman–Crippen LogP) is -1.18. The molecule has 133 valence electrons. The van der Waals surface area contributed by atoms with E-state index in [1.807, 2.05) is 6.29 Å². The average molecular weight is 346 g/mol. The second-order valence-electron chi connectivity index (χ2n) is 6.29. The number of nitrogens with zero attached hydrogens (tertiary/aromatic N) is 2. The van der Waals surface area contributed by atoms with Crippen LogP contribution in [0.5, 0.6) is 0 Å². The molecule has 2 aliphatic rings. The Bertz CT molecular complexity index is 659. The third-order valence-electron chi connectivity index (χ3n) is 4.57. The van der Waals surface area contributed by atoms with Crippen LogP contribution in [0.3, 0.4) is 0 Å². The molecule has 9 heteroatoms. The summed E-state index contributed by atoms with van der Waals surface area (Å²) in [6.07, 6.45) is 7.25. The van der Waals surface area contributed by atoms with E-state index in [0.717, 1.165) is 6.42 Å². The first kappa shape index (κ1) is 17.1. The van der Waals surface area contributed by atoms with Gasteiger partial charge in [0.25, 0.3) is 0 Å². The van der Waals surface area contributed by atoms with Crippen LogP contribution in [0, 0.1) is 0 Å². The number of aromatic nitrogens is 2. The molecular formula is C16H20N5O4. The van der Waals surface area contributed by atoms with E-state index in [0.29, 0.717) is 31.5 Å². The van der Waals surface area contributed by atoms with Crippen LogP contribution in [-0.4, -0.2) is 63.5 Å². The topological polar surface area (TPSA) is 124 Å². The van der Waals surface area contributed by atoms with Crippen molar-refractivity contribution in [2.24, 2.45) is 0 Å². The summed E-state index contributed by atoms with van der Waals surface area (Å²) in [6, 6.07) is -2.05. The van der Waals surface area contributed by atoms with Gasteiger partial charge in [0.05, 0.1) is 18.1 Å². The predicted molar refractivity (Wildman–Crippen MR) is 85.8 cm³/mol. The van der Waals surface area contributed by atoms with Crippen LogP contribution >= 0.6 is 0 Å². The minimum atomic E-state index is -0.845. The number of amides is 3. The third kappa shape index (κ3) is 3.86. The lowest BCUT2D eigenvalue weighted by Gasteiger charge is -2.27. The first-order valence-corrected chi connectivity index (χ1v) is 8.34. The molecule has 0 aromatic carbocycles. The molecular weight excluding hydrogens is 326 g/mol. The molecule has 25 heavy (non-hydrogen) atoms. The van der Waals surface area contributed by atoms with Gasteiger partial charge in [-0.15, -0.1) is 0 Å². The van der Waals surface area contributed by atoms with Gasteiger partial charge in [0.15, 0.2) is 0 Å². The molecule has 2 aliphatic heterocycles. The van der Waals surface area contributed by atoms with Gasteiger partial charge in [-0.25, -0.2) is 4.98 Å². The Hall–Kier alpha value is -2.71. The van der Waals surface area contributed by atoms with Gasteiger partial charge in [0.2, 0.25) is 24.0 Å². The van der Waals surface area contributed by atoms with Crippen molar-refractivity contribution in [3.63, 3.8) is 0 Å². The zero-order chi connectivity index (χ0) is 17.8. The Balaban J connectivity index is 1.72. The van der Waals surface area contributed by atoms with E-state index < -0.39 is 24.0 Å². The fourth-order valence-corrected chi connectivity index (χ4v) is 3.25. The molecule has 1 aromatic heterocycles. The molecule has 0 bridgehead atoms. The number of likely N-dealkylation sites (tertiary alicyclic amines) is 1. The van der Waals surface area contributed by atoms with Crippen molar-refractivity contribution in [3.8, 4) is 0 Å². The van der Waals surface area contributed by atoms with Gasteiger partial charge in [-0.3, -0.25) is 19.2 Å². The molecule has 0 spiro atoms. The average Bonchev–Trinajstić information content (AvgIpc) is 3.34. The molecule has 0 aliphatic carbocycles. The molecule has 1 aromatic rings. The van der Waals surface area contributed by atoms with E-state index in [2.05, 4.69) is 20.6 Å². The number of H-pyrrole nitrogens is 1. The minimum Gasteiger partial charge on any atom is -0.351 e. The largest absolute Gasteiger partial charge is 0.351 e. The van der Waals surface area contributed by atoms with Crippen LogP contribution in [0.2, 0.25) is 0 Å². The minimum absolute atomic E-state index is 0.175. The fourth-order valence-electron chi connectivity index (χ4n) is 3.25. The molecule has 0 unspecified atom stereocenters. The molecule has 3 amide bonds. The van der Waals surface area contributed by atoms with Crippen molar-refractivity contribution in [1.82, 2.24) is 25.5 Å². The summed E-state index contributed by atoms with van der Waals surface area (Å²) in [5.41, 5.74) is 0.625. The monoisotopic (exact) mass is 346 g/mol. The van der Waals surface area contributed by atoms with Crippen LogP contribution < -0.4 is 10.6 Å². The lowest BCUT2D eigenvalue weighted by molar-refractivity contribution is -0.136. The Kier molecular flexibility index (Phi) is 5.11. The molecule has 2 fully saturated rings. The van der Waals surface area contributed by atoms with Crippen LogP contribution in [0.25, 0.3) is 0 Å². The van der Waals surface area contributed by atoms with Crippen molar-refractivity contribution in [2.45, 2.75) is 50.2 Å². The zero-order valence-electron chi connectivity index (χ0n) is 13.7. The summed E-state index contributed by atoms with van der Waals surface area (Å²) in [5.74, 6) is -0.900. The Labute approximate surface area is 144 Å². The highest BCUT2D eigenvalue weighted by Gasteiger charge is 2.36. The van der Waals surface area contributed by atoms with Crippen molar-refractivity contribution >= 4 is 24.0 Å². The second-order valence-corrected chi connectivity index (χ2v) is 6.29. The molecule has 3 heterocycles. The van der Waals surface area contributed by atoms with E-state index in [-0.39, 0.29) is 18.2 Å². The van der Waals surface area contributed by atoms with Crippen LogP contribution in [0.4, 0.5) is 0 Å². The normalized spacial score (nSPS) is 24.0. The number of aromatic amines is 1. The first-order valence-electron chi connectivity index (χ1n) is 8.34. The van der Waals surface area contributed by atoms with Gasteiger partial charge in [0.1, 0.15) is 12.1 Å². The lowest BCUT2D eigenvalue weighted by atomic mass is 10.1. The molecule has 3 rings (SSSR count). The Morgan fingerprint density at radius 1 is 1.44 bits per heavy atom. The molecule has 9 nitrogen and oxygen atoms in total. The van der Waals surface area contributed by atoms with Gasteiger partial charge in [0, 0.05) is 25.6 Å². The summed E-state index contributed by atoms with van der Waals surface area (Å²) >= 11 is 0. The number of hydrogen-bond acceptors (Lipinski definition) is 5. The van der Waals surface area contributed by atoms with E-state index in [1.54, 1.807) is 6.20 Å². The second kappa shape index (κ2) is 7.45. The fraction of sp³-hybridized carbons (Fsp3) is 0.562. The van der Waals surface area contributed by atoms with Crippen molar-refractivity contribution < 1.29 is 19.2 Å². The van der Waals surface area contributed by atoms with E-state index in [4.69, 9.17) is 0 Å². The SMILES string of the molecule is O=[C][C@@H]1CCCN1C(=O)[C@H](Cc1c[nH]cn1)NC(=O)[C@@H]1CCC(=O)N1. The molecule has 2 saturated heterocycles. The van der Waals surface area contributed by atoms with Crippen LogP contribution in [-0.2, 0) is 25.6 Å². The highest BCUT2D eigenvalue weighted by molar-refractivity contribution is 5.94. The van der Waals surface area contributed by atoms with Crippen molar-refractivity contribution in [1.29, 1.82) is 0 Å². The van der Waals surface area contributed by atoms with Gasteiger partial charge >= 0.3 is 0 Å². The Morgan fingerprint density at radius 2 is 2.28 bits per heavy atom. The standard InChI is InChI=1S/C16H20N5O4/c22-8-11-2-1-5-21(11)16(25)13(6-10-7-17-9-18-10)20-15(24)12-3-4-14(23)19-12/h7,9,11-13H,1-6H2,(H,17,18)(H,19,23)(H,20,24)/t11-,12-,13-/m0/s1. The molecule has 3 N–H and O–H groups in total. The van der Waals surface area contributed by atoms with Gasteiger partial charge in [-0.05, 0) is 19.3 Å². The Morgan fingerprint density at radius 3 is 2.92 bits per heavy atom. The number of imidazole rings is 1. The maximum Gasteiger partial charge on any atom is 0.246 e. The zero-order valence-corrected chi connectivity index (χ0v) is 13.7. The summed E-state index contributed by atoms with van der Waals surface area (Å²) < 4.78 is 0. The van der Waals surface area contributed by atoms with Gasteiger partial charge in [-0.2, -0.15) is 0 Å². The number of rotatable bonds is 6. The van der Waals surface area contributed by atoms with Crippen LogP contribution in [0.15, 0.2) is 12.5 Å². The first-order chi connectivity index (χ1) is 12.1. The van der Waals surface area contributed by atoms with E-state index in [9.17, 15) is 19.2 Å². The van der Waals surface area contributed by atoms with Gasteiger partial charge in [-0.1, -0.05) is 0 Å².